The zero-order valence-corrected chi connectivity index (χ0v) is 9.94. The summed E-state index contributed by atoms with van der Waals surface area (Å²) in [7, 11) is 1.93. The van der Waals surface area contributed by atoms with Gasteiger partial charge in [0.15, 0.2) is 0 Å². The molecule has 4 nitrogen and oxygen atoms in total. The lowest BCUT2D eigenvalue weighted by Crippen LogP contribution is -2.02. The van der Waals surface area contributed by atoms with Gasteiger partial charge in [0, 0.05) is 13.5 Å². The maximum atomic E-state index is 13.0. The van der Waals surface area contributed by atoms with Crippen molar-refractivity contribution >= 4 is 5.69 Å². The molecule has 17 heavy (non-hydrogen) atoms. The molecule has 90 valence electrons. The number of aromatic nitrogens is 3. The highest BCUT2D eigenvalue weighted by molar-refractivity contribution is 5.42. The highest BCUT2D eigenvalue weighted by Crippen LogP contribution is 2.14. The monoisotopic (exact) mass is 234 g/mol. The first-order chi connectivity index (χ1) is 8.08. The van der Waals surface area contributed by atoms with Crippen molar-refractivity contribution in [3.05, 3.63) is 41.2 Å². The minimum absolute atomic E-state index is 0.191. The molecule has 0 aliphatic carbocycles. The Labute approximate surface area is 99.3 Å². The fourth-order valence-corrected chi connectivity index (χ4v) is 1.67. The van der Waals surface area contributed by atoms with E-state index in [1.165, 1.54) is 6.07 Å². The van der Waals surface area contributed by atoms with Gasteiger partial charge in [-0.1, -0.05) is 6.07 Å². The smallest absolute Gasteiger partial charge is 0.146 e. The molecule has 0 unspecified atom stereocenters. The van der Waals surface area contributed by atoms with Crippen LogP contribution in [0.15, 0.2) is 18.2 Å². The van der Waals surface area contributed by atoms with E-state index in [1.54, 1.807) is 12.1 Å². The van der Waals surface area contributed by atoms with E-state index >= 15 is 0 Å². The molecule has 2 N–H and O–H groups in total. The largest absolute Gasteiger partial charge is 0.396 e. The third-order valence-electron chi connectivity index (χ3n) is 2.88. The van der Waals surface area contributed by atoms with Crippen LogP contribution >= 0.6 is 0 Å². The zero-order valence-electron chi connectivity index (χ0n) is 9.94. The summed E-state index contributed by atoms with van der Waals surface area (Å²) >= 11 is 0. The Morgan fingerprint density at radius 3 is 2.65 bits per heavy atom. The second kappa shape index (κ2) is 4.53. The van der Waals surface area contributed by atoms with E-state index in [2.05, 4.69) is 10.2 Å². The second-order valence-corrected chi connectivity index (χ2v) is 4.08. The van der Waals surface area contributed by atoms with Gasteiger partial charge < -0.3 is 10.3 Å². The number of nitrogen functional groups attached to an aromatic ring is 1. The van der Waals surface area contributed by atoms with Crippen LogP contribution in [0.5, 0.6) is 0 Å². The van der Waals surface area contributed by atoms with Gasteiger partial charge in [0.05, 0.1) is 5.69 Å². The number of nitrogens with zero attached hydrogens (tertiary/aromatic N) is 3. The maximum Gasteiger partial charge on any atom is 0.146 e. The van der Waals surface area contributed by atoms with Crippen molar-refractivity contribution in [3.63, 3.8) is 0 Å². The minimum Gasteiger partial charge on any atom is -0.396 e. The van der Waals surface area contributed by atoms with Gasteiger partial charge in [0.25, 0.3) is 0 Å². The van der Waals surface area contributed by atoms with Crippen molar-refractivity contribution in [2.45, 2.75) is 19.8 Å². The molecule has 1 aromatic heterocycles. The summed E-state index contributed by atoms with van der Waals surface area (Å²) in [6.45, 7) is 1.91. The molecule has 0 aliphatic rings. The van der Waals surface area contributed by atoms with Crippen molar-refractivity contribution in [1.82, 2.24) is 14.8 Å². The molecule has 0 saturated heterocycles. The number of hydrogen-bond donors (Lipinski definition) is 1. The first-order valence-corrected chi connectivity index (χ1v) is 5.46. The Morgan fingerprint density at radius 1 is 1.29 bits per heavy atom. The number of halogens is 1. The number of aryl methyl sites for hydroxylation is 3. The predicted molar refractivity (Wildman–Crippen MR) is 64.0 cm³/mol. The van der Waals surface area contributed by atoms with Crippen LogP contribution in [0.4, 0.5) is 10.1 Å². The van der Waals surface area contributed by atoms with E-state index in [0.29, 0.717) is 0 Å². The Bertz CT molecular complexity index is 533. The second-order valence-electron chi connectivity index (χ2n) is 4.08. The van der Waals surface area contributed by atoms with Crippen molar-refractivity contribution in [2.75, 3.05) is 5.73 Å². The van der Waals surface area contributed by atoms with Gasteiger partial charge >= 0.3 is 0 Å². The normalized spacial score (nSPS) is 10.8. The fourth-order valence-electron chi connectivity index (χ4n) is 1.67. The van der Waals surface area contributed by atoms with Crippen LogP contribution in [0.25, 0.3) is 0 Å². The van der Waals surface area contributed by atoms with Crippen LogP contribution in [0.2, 0.25) is 0 Å². The molecule has 1 heterocycles. The van der Waals surface area contributed by atoms with Crippen molar-refractivity contribution in [2.24, 2.45) is 7.05 Å². The van der Waals surface area contributed by atoms with E-state index in [4.69, 9.17) is 5.73 Å². The molecule has 0 bridgehead atoms. The number of hydrogen-bond acceptors (Lipinski definition) is 3. The lowest BCUT2D eigenvalue weighted by Gasteiger charge is -2.04. The van der Waals surface area contributed by atoms with Gasteiger partial charge in [-0.25, -0.2) is 4.39 Å². The molecular weight excluding hydrogens is 219 g/mol. The minimum atomic E-state index is -0.372. The summed E-state index contributed by atoms with van der Waals surface area (Å²) in [5.41, 5.74) is 6.71. The van der Waals surface area contributed by atoms with Crippen molar-refractivity contribution in [1.29, 1.82) is 0 Å². The molecule has 0 spiro atoms. The van der Waals surface area contributed by atoms with E-state index in [1.807, 2.05) is 18.5 Å². The van der Waals surface area contributed by atoms with Gasteiger partial charge in [-0.15, -0.1) is 10.2 Å². The summed E-state index contributed by atoms with van der Waals surface area (Å²) in [6.07, 6.45) is 1.54. The molecule has 2 aromatic rings. The van der Waals surface area contributed by atoms with Crippen LogP contribution < -0.4 is 5.73 Å². The molecular formula is C12H15FN4. The summed E-state index contributed by atoms with van der Waals surface area (Å²) < 4.78 is 14.9. The Balaban J connectivity index is 2.07. The fraction of sp³-hybridized carbons (Fsp3) is 0.333. The number of benzene rings is 1. The van der Waals surface area contributed by atoms with Gasteiger partial charge in [0.1, 0.15) is 17.5 Å². The Hall–Kier alpha value is -1.91. The molecule has 0 atom stereocenters. The van der Waals surface area contributed by atoms with E-state index in [-0.39, 0.29) is 11.5 Å². The highest BCUT2D eigenvalue weighted by Gasteiger charge is 2.06. The van der Waals surface area contributed by atoms with Crippen LogP contribution in [0, 0.1) is 12.7 Å². The lowest BCUT2D eigenvalue weighted by molar-refractivity contribution is 0.631. The maximum absolute atomic E-state index is 13.0. The van der Waals surface area contributed by atoms with Crippen LogP contribution in [0.1, 0.15) is 17.2 Å². The number of rotatable bonds is 3. The third-order valence-corrected chi connectivity index (χ3v) is 2.88. The van der Waals surface area contributed by atoms with Gasteiger partial charge in [-0.3, -0.25) is 0 Å². The SMILES string of the molecule is Cc1nnc(CCc2ccc(F)c(N)c2)n1C. The van der Waals surface area contributed by atoms with Crippen LogP contribution in [-0.2, 0) is 19.9 Å². The first-order valence-electron chi connectivity index (χ1n) is 5.46. The van der Waals surface area contributed by atoms with Gasteiger partial charge in [-0.2, -0.15) is 0 Å². The average Bonchev–Trinajstić information content (AvgIpc) is 2.62. The van der Waals surface area contributed by atoms with Crippen molar-refractivity contribution in [3.8, 4) is 0 Å². The first kappa shape index (κ1) is 11.6. The standard InChI is InChI=1S/C12H15FN4/c1-8-15-16-12(17(8)2)6-4-9-3-5-10(13)11(14)7-9/h3,5,7H,4,6,14H2,1-2H3. The van der Waals surface area contributed by atoms with Gasteiger partial charge in [-0.05, 0) is 31.0 Å². The molecule has 0 radical (unpaired) electrons. The summed E-state index contributed by atoms with van der Waals surface area (Å²) in [5.74, 6) is 1.44. The molecule has 2 rings (SSSR count). The highest BCUT2D eigenvalue weighted by atomic mass is 19.1. The molecule has 5 heteroatoms. The third kappa shape index (κ3) is 2.43. The number of nitrogens with two attached hydrogens (primary N) is 1. The molecule has 0 fully saturated rings. The average molecular weight is 234 g/mol. The molecule has 0 saturated carbocycles. The Morgan fingerprint density at radius 2 is 2.06 bits per heavy atom. The molecule has 0 amide bonds. The molecule has 1 aromatic carbocycles. The topological polar surface area (TPSA) is 56.7 Å². The van der Waals surface area contributed by atoms with Gasteiger partial charge in [0.2, 0.25) is 0 Å². The van der Waals surface area contributed by atoms with E-state index in [0.717, 1.165) is 30.1 Å². The summed E-state index contributed by atoms with van der Waals surface area (Å²) in [6, 6.07) is 4.81. The number of anilines is 1. The van der Waals surface area contributed by atoms with Crippen LogP contribution in [0.3, 0.4) is 0 Å². The Kier molecular flexibility index (Phi) is 3.08. The van der Waals surface area contributed by atoms with Crippen LogP contribution in [-0.4, -0.2) is 14.8 Å². The predicted octanol–water partition coefficient (Wildman–Crippen LogP) is 1.63. The lowest BCUT2D eigenvalue weighted by atomic mass is 10.1. The van der Waals surface area contributed by atoms with E-state index in [9.17, 15) is 4.39 Å². The molecule has 0 aliphatic heterocycles. The quantitative estimate of drug-likeness (QED) is 0.821. The summed E-state index contributed by atoms with van der Waals surface area (Å²) in [4.78, 5) is 0. The summed E-state index contributed by atoms with van der Waals surface area (Å²) in [5, 5.41) is 8.07. The zero-order chi connectivity index (χ0) is 12.4. The van der Waals surface area contributed by atoms with Crippen molar-refractivity contribution < 1.29 is 4.39 Å². The van der Waals surface area contributed by atoms with E-state index < -0.39 is 0 Å².